The van der Waals surface area contributed by atoms with E-state index >= 15 is 0 Å². The molecule has 0 bridgehead atoms. The van der Waals surface area contributed by atoms with Gasteiger partial charge in [-0.25, -0.2) is 0 Å². The summed E-state index contributed by atoms with van der Waals surface area (Å²) in [5.74, 6) is 0. The van der Waals surface area contributed by atoms with Crippen LogP contribution in [-0.2, 0) is 0 Å². The first-order valence-electron chi connectivity index (χ1n) is 23.8. The second-order valence-corrected chi connectivity index (χ2v) is 16.5. The third kappa shape index (κ3) is 21.9. The Balaban J connectivity index is 2.19. The fourth-order valence-corrected chi connectivity index (χ4v) is 8.28. The number of rotatable bonds is 38. The molecular formula is C50H90N2. The van der Waals surface area contributed by atoms with E-state index in [1.165, 1.54) is 254 Å². The molecule has 0 spiro atoms. The average molecular weight is 719 g/mol. The lowest BCUT2D eigenvalue weighted by molar-refractivity contribution is 0.555. The number of hydrogen-bond acceptors (Lipinski definition) is 2. The van der Waals surface area contributed by atoms with Gasteiger partial charge in [0.05, 0.1) is 0 Å². The van der Waals surface area contributed by atoms with Crippen LogP contribution in [0.1, 0.15) is 233 Å². The van der Waals surface area contributed by atoms with Crippen molar-refractivity contribution in [1.29, 1.82) is 0 Å². The molecule has 52 heavy (non-hydrogen) atoms. The van der Waals surface area contributed by atoms with Crippen LogP contribution >= 0.6 is 0 Å². The lowest BCUT2D eigenvalue weighted by Gasteiger charge is -2.31. The Hall–Kier alpha value is -1.70. The molecular weight excluding hydrogens is 629 g/mol. The van der Waals surface area contributed by atoms with Gasteiger partial charge in [-0.2, -0.15) is 0 Å². The number of nitrogens with zero attached hydrogens (tertiary/aromatic N) is 2. The molecule has 2 aromatic carbocycles. The summed E-state index contributed by atoms with van der Waals surface area (Å²) < 4.78 is 0. The van der Waals surface area contributed by atoms with Gasteiger partial charge in [0.1, 0.15) is 0 Å². The molecule has 2 nitrogen and oxygen atoms in total. The maximum absolute atomic E-state index is 2.82. The Morgan fingerprint density at radius 3 is 0.769 bits per heavy atom. The first-order chi connectivity index (χ1) is 25.8. The normalized spacial score (nSPS) is 11.5. The minimum atomic E-state index is 1.20. The largest absolute Gasteiger partial charge is 0.371 e. The molecule has 0 N–H and O–H groups in total. The molecule has 0 aromatic heterocycles. The third-order valence-electron chi connectivity index (χ3n) is 11.7. The van der Waals surface area contributed by atoms with E-state index in [-0.39, 0.29) is 0 Å². The summed E-state index contributed by atoms with van der Waals surface area (Å²) in [5.41, 5.74) is 3.02. The summed E-state index contributed by atoms with van der Waals surface area (Å²) in [6.07, 6.45) is 44.5. The van der Waals surface area contributed by atoms with E-state index in [1.807, 2.05) is 0 Å². The second-order valence-electron chi connectivity index (χ2n) is 16.5. The van der Waals surface area contributed by atoms with Crippen LogP contribution in [0, 0.1) is 0 Å². The summed E-state index contributed by atoms with van der Waals surface area (Å²) >= 11 is 0. The molecule has 2 aromatic rings. The monoisotopic (exact) mass is 719 g/mol. The van der Waals surface area contributed by atoms with E-state index in [9.17, 15) is 0 Å². The van der Waals surface area contributed by atoms with Crippen molar-refractivity contribution in [3.63, 3.8) is 0 Å². The van der Waals surface area contributed by atoms with Crippen molar-refractivity contribution in [1.82, 2.24) is 0 Å². The highest BCUT2D eigenvalue weighted by Crippen LogP contribution is 2.36. The lowest BCUT2D eigenvalue weighted by atomic mass is 10.0. The van der Waals surface area contributed by atoms with E-state index in [2.05, 4.69) is 73.9 Å². The standard InChI is InChI=1S/C50H90N2/c1-5-9-13-17-21-25-29-33-43-51(44-34-30-26-22-18-14-10-6-2)48-41-37-39-47-40-38-42-49(50(47)48)52(45-35-31-27-23-19-15-11-7-3)46-36-32-28-24-20-16-12-8-4/h37-42H,5-36,43-46H2,1-4H3. The lowest BCUT2D eigenvalue weighted by Crippen LogP contribution is -2.28. The molecule has 0 amide bonds. The Labute approximate surface area is 326 Å². The van der Waals surface area contributed by atoms with Crippen LogP contribution < -0.4 is 9.80 Å². The van der Waals surface area contributed by atoms with Crippen LogP contribution in [0.25, 0.3) is 10.8 Å². The van der Waals surface area contributed by atoms with Crippen molar-refractivity contribution in [3.8, 4) is 0 Å². The molecule has 2 rings (SSSR count). The second kappa shape index (κ2) is 33.8. The van der Waals surface area contributed by atoms with E-state index < -0.39 is 0 Å². The minimum absolute atomic E-state index is 1.20. The van der Waals surface area contributed by atoms with Crippen LogP contribution in [0.5, 0.6) is 0 Å². The van der Waals surface area contributed by atoms with E-state index in [0.29, 0.717) is 0 Å². The first kappa shape index (κ1) is 46.5. The van der Waals surface area contributed by atoms with Crippen molar-refractivity contribution in [2.24, 2.45) is 0 Å². The fourth-order valence-electron chi connectivity index (χ4n) is 8.28. The van der Waals surface area contributed by atoms with Gasteiger partial charge in [0.25, 0.3) is 0 Å². The van der Waals surface area contributed by atoms with Crippen LogP contribution in [0.4, 0.5) is 11.4 Å². The number of unbranched alkanes of at least 4 members (excludes halogenated alkanes) is 28. The smallest absolute Gasteiger partial charge is 0.0466 e. The van der Waals surface area contributed by atoms with Gasteiger partial charge in [0.15, 0.2) is 0 Å². The fraction of sp³-hybridized carbons (Fsp3) is 0.800. The number of benzene rings is 2. The Morgan fingerprint density at radius 2 is 0.519 bits per heavy atom. The molecule has 0 atom stereocenters. The molecule has 2 heteroatoms. The zero-order valence-corrected chi connectivity index (χ0v) is 35.8. The average Bonchev–Trinajstić information content (AvgIpc) is 3.17. The SMILES string of the molecule is CCCCCCCCCCN(CCCCCCCCCC)c1cccc2cccc(N(CCCCCCCCCC)CCCCCCCCCC)c12. The van der Waals surface area contributed by atoms with Crippen molar-refractivity contribution in [3.05, 3.63) is 36.4 Å². The predicted octanol–water partition coefficient (Wildman–Crippen LogP) is 17.0. The molecule has 0 fully saturated rings. The number of fused-ring (bicyclic) bond motifs is 1. The van der Waals surface area contributed by atoms with Gasteiger partial charge < -0.3 is 9.80 Å². The molecule has 0 aliphatic heterocycles. The van der Waals surface area contributed by atoms with Crippen molar-refractivity contribution in [2.45, 2.75) is 233 Å². The molecule has 0 unspecified atom stereocenters. The van der Waals surface area contributed by atoms with Crippen LogP contribution in [0.2, 0.25) is 0 Å². The van der Waals surface area contributed by atoms with Crippen molar-refractivity contribution < 1.29 is 0 Å². The van der Waals surface area contributed by atoms with E-state index in [0.717, 1.165) is 0 Å². The molecule has 0 saturated carbocycles. The molecule has 0 heterocycles. The van der Waals surface area contributed by atoms with Gasteiger partial charge in [-0.3, -0.25) is 0 Å². The van der Waals surface area contributed by atoms with Crippen LogP contribution in [0.3, 0.4) is 0 Å². The zero-order valence-electron chi connectivity index (χ0n) is 35.8. The quantitative estimate of drug-likeness (QED) is 0.0638. The number of anilines is 2. The molecule has 300 valence electrons. The van der Waals surface area contributed by atoms with Gasteiger partial charge >= 0.3 is 0 Å². The highest BCUT2D eigenvalue weighted by atomic mass is 15.1. The first-order valence-corrected chi connectivity index (χ1v) is 23.8. The van der Waals surface area contributed by atoms with Crippen LogP contribution in [0.15, 0.2) is 36.4 Å². The Kier molecular flexibility index (Phi) is 30.2. The summed E-state index contributed by atoms with van der Waals surface area (Å²) in [6.45, 7) is 14.1. The van der Waals surface area contributed by atoms with Gasteiger partial charge in [-0.05, 0) is 43.2 Å². The molecule has 0 aliphatic rings. The minimum Gasteiger partial charge on any atom is -0.371 e. The summed E-state index contributed by atoms with van der Waals surface area (Å²) in [6, 6.07) is 14.4. The number of hydrogen-bond donors (Lipinski definition) is 0. The van der Waals surface area contributed by atoms with Gasteiger partial charge in [-0.15, -0.1) is 0 Å². The molecule has 0 aliphatic carbocycles. The summed E-state index contributed by atoms with van der Waals surface area (Å²) in [4.78, 5) is 5.65. The van der Waals surface area contributed by atoms with Gasteiger partial charge in [-0.1, -0.05) is 232 Å². The Bertz CT molecular complexity index is 927. The van der Waals surface area contributed by atoms with E-state index in [4.69, 9.17) is 0 Å². The van der Waals surface area contributed by atoms with Gasteiger partial charge in [0.2, 0.25) is 0 Å². The highest BCUT2D eigenvalue weighted by molar-refractivity contribution is 6.03. The van der Waals surface area contributed by atoms with Crippen LogP contribution in [-0.4, -0.2) is 26.2 Å². The maximum Gasteiger partial charge on any atom is 0.0466 e. The third-order valence-corrected chi connectivity index (χ3v) is 11.7. The highest BCUT2D eigenvalue weighted by Gasteiger charge is 2.17. The van der Waals surface area contributed by atoms with Crippen molar-refractivity contribution in [2.75, 3.05) is 36.0 Å². The maximum atomic E-state index is 2.82. The van der Waals surface area contributed by atoms with E-state index in [1.54, 1.807) is 0 Å². The topological polar surface area (TPSA) is 6.48 Å². The molecule has 0 saturated heterocycles. The predicted molar refractivity (Wildman–Crippen MR) is 239 cm³/mol. The Morgan fingerprint density at radius 1 is 0.288 bits per heavy atom. The summed E-state index contributed by atoms with van der Waals surface area (Å²) in [7, 11) is 0. The summed E-state index contributed by atoms with van der Waals surface area (Å²) in [5, 5.41) is 2.96. The zero-order chi connectivity index (χ0) is 37.2. The molecule has 0 radical (unpaired) electrons. The van der Waals surface area contributed by atoms with Gasteiger partial charge in [0, 0.05) is 42.9 Å². The van der Waals surface area contributed by atoms with Crippen molar-refractivity contribution >= 4 is 22.1 Å².